The van der Waals surface area contributed by atoms with Crippen LogP contribution >= 0.6 is 0 Å². The van der Waals surface area contributed by atoms with Gasteiger partial charge in [-0.1, -0.05) is 57.7 Å². The monoisotopic (exact) mass is 335 g/mol. The summed E-state index contributed by atoms with van der Waals surface area (Å²) < 4.78 is 0. The van der Waals surface area contributed by atoms with Gasteiger partial charge in [0.2, 0.25) is 0 Å². The molecule has 0 saturated carbocycles. The Labute approximate surface area is 151 Å². The Hall–Kier alpha value is -2.16. The average Bonchev–Trinajstić information content (AvgIpc) is 2.65. The van der Waals surface area contributed by atoms with Crippen LogP contribution in [0, 0.1) is 0 Å². The van der Waals surface area contributed by atoms with Gasteiger partial charge >= 0.3 is 0 Å². The van der Waals surface area contributed by atoms with Gasteiger partial charge in [0.25, 0.3) is 0 Å². The van der Waals surface area contributed by atoms with Gasteiger partial charge in [0.15, 0.2) is 0 Å². The molecule has 132 valence electrons. The van der Waals surface area contributed by atoms with Gasteiger partial charge in [-0.15, -0.1) is 0 Å². The van der Waals surface area contributed by atoms with Crippen molar-refractivity contribution in [2.75, 3.05) is 18.0 Å². The van der Waals surface area contributed by atoms with Crippen LogP contribution in [0.4, 0.5) is 5.82 Å². The Kier molecular flexibility index (Phi) is 6.21. The summed E-state index contributed by atoms with van der Waals surface area (Å²) in [5.41, 5.74) is 2.09. The maximum Gasteiger partial charge on any atom is 0.138 e. The number of para-hydroxylation sites is 1. The largest absolute Gasteiger partial charge is 0.356 e. The minimum Gasteiger partial charge on any atom is -0.356 e. The first kappa shape index (κ1) is 17.7. The highest BCUT2D eigenvalue weighted by atomic mass is 15.2. The zero-order valence-corrected chi connectivity index (χ0v) is 15.5. The van der Waals surface area contributed by atoms with E-state index in [0.29, 0.717) is 0 Å². The van der Waals surface area contributed by atoms with E-state index in [0.717, 1.165) is 29.9 Å². The van der Waals surface area contributed by atoms with Gasteiger partial charge in [-0.3, -0.25) is 0 Å². The molecule has 25 heavy (non-hydrogen) atoms. The molecule has 0 bridgehead atoms. The zero-order valence-electron chi connectivity index (χ0n) is 15.5. The number of hydrogen-bond acceptors (Lipinski definition) is 3. The fourth-order valence-corrected chi connectivity index (χ4v) is 3.37. The zero-order chi connectivity index (χ0) is 17.5. The highest BCUT2D eigenvalue weighted by Gasteiger charge is 2.13. The first-order chi connectivity index (χ1) is 12.3. The molecule has 1 aromatic carbocycles. The molecule has 0 N–H and O–H groups in total. The van der Waals surface area contributed by atoms with E-state index in [4.69, 9.17) is 9.97 Å². The predicted molar refractivity (Wildman–Crippen MR) is 108 cm³/mol. The first-order valence-corrected chi connectivity index (χ1v) is 9.73. The first-order valence-electron chi connectivity index (χ1n) is 9.73. The van der Waals surface area contributed by atoms with Gasteiger partial charge in [0, 0.05) is 30.1 Å². The van der Waals surface area contributed by atoms with Gasteiger partial charge in [-0.05, 0) is 31.0 Å². The number of hydrogen-bond donors (Lipinski definition) is 0. The van der Waals surface area contributed by atoms with E-state index < -0.39 is 0 Å². The van der Waals surface area contributed by atoms with Crippen LogP contribution in [0.2, 0.25) is 0 Å². The van der Waals surface area contributed by atoms with Gasteiger partial charge in [-0.2, -0.15) is 0 Å². The molecule has 0 aliphatic heterocycles. The molecule has 0 saturated heterocycles. The Morgan fingerprint density at radius 3 is 2.28 bits per heavy atom. The Morgan fingerprint density at radius 1 is 0.840 bits per heavy atom. The van der Waals surface area contributed by atoms with E-state index in [9.17, 15) is 0 Å². The van der Waals surface area contributed by atoms with Crippen molar-refractivity contribution in [3.8, 4) is 0 Å². The van der Waals surface area contributed by atoms with E-state index in [-0.39, 0.29) is 0 Å². The highest BCUT2D eigenvalue weighted by molar-refractivity contribution is 5.98. The molecule has 3 rings (SSSR count). The smallest absolute Gasteiger partial charge is 0.138 e. The molecular weight excluding hydrogens is 306 g/mol. The van der Waals surface area contributed by atoms with Crippen molar-refractivity contribution in [2.45, 2.75) is 52.4 Å². The molecular formula is C22H29N3. The van der Waals surface area contributed by atoms with Gasteiger partial charge in [-0.25, -0.2) is 9.97 Å². The molecule has 2 heterocycles. The molecule has 3 aromatic rings. The average molecular weight is 335 g/mol. The fraction of sp³-hybridized carbons (Fsp3) is 0.455. The van der Waals surface area contributed by atoms with Crippen LogP contribution < -0.4 is 4.90 Å². The molecule has 0 aliphatic rings. The molecule has 0 unspecified atom stereocenters. The van der Waals surface area contributed by atoms with Crippen molar-refractivity contribution in [1.29, 1.82) is 0 Å². The third kappa shape index (κ3) is 4.28. The molecule has 0 spiro atoms. The van der Waals surface area contributed by atoms with Crippen LogP contribution in [0.25, 0.3) is 21.8 Å². The molecule has 2 aromatic heterocycles. The molecule has 3 nitrogen and oxygen atoms in total. The second kappa shape index (κ2) is 8.80. The minimum absolute atomic E-state index is 1.04. The van der Waals surface area contributed by atoms with E-state index in [1.165, 1.54) is 49.3 Å². The lowest BCUT2D eigenvalue weighted by Crippen LogP contribution is -2.27. The van der Waals surface area contributed by atoms with Crippen LogP contribution in [0.5, 0.6) is 0 Å². The summed E-state index contributed by atoms with van der Waals surface area (Å²) in [5.74, 6) is 1.10. The Bertz CT molecular complexity index is 803. The summed E-state index contributed by atoms with van der Waals surface area (Å²) in [7, 11) is 0. The molecule has 0 aliphatic carbocycles. The van der Waals surface area contributed by atoms with E-state index in [1.54, 1.807) is 0 Å². The number of anilines is 1. The number of nitrogens with zero attached hydrogens (tertiary/aromatic N) is 3. The molecule has 0 atom stereocenters. The fourth-order valence-electron chi connectivity index (χ4n) is 3.37. The van der Waals surface area contributed by atoms with Gasteiger partial charge < -0.3 is 4.90 Å². The standard InChI is InChI=1S/C22H29N3/c1-3-5-9-15-25(16-10-6-4-2)22-19-17-18-11-7-8-12-20(18)24-21(19)13-14-23-22/h7-8,11-14,17H,3-6,9-10,15-16H2,1-2H3. The van der Waals surface area contributed by atoms with E-state index >= 15 is 0 Å². The van der Waals surface area contributed by atoms with Crippen molar-refractivity contribution >= 4 is 27.6 Å². The van der Waals surface area contributed by atoms with Crippen molar-refractivity contribution in [3.05, 3.63) is 42.6 Å². The van der Waals surface area contributed by atoms with Crippen molar-refractivity contribution in [3.63, 3.8) is 0 Å². The lowest BCUT2D eigenvalue weighted by Gasteiger charge is -2.25. The Morgan fingerprint density at radius 2 is 1.56 bits per heavy atom. The normalized spacial score (nSPS) is 11.3. The second-order valence-electron chi connectivity index (χ2n) is 6.78. The Balaban J connectivity index is 1.97. The minimum atomic E-state index is 1.04. The number of unbranched alkanes of at least 4 members (excludes halogenated alkanes) is 4. The SMILES string of the molecule is CCCCCN(CCCCC)c1nccc2nc3ccccc3cc12. The predicted octanol–water partition coefficient (Wildman–Crippen LogP) is 5.97. The molecule has 0 amide bonds. The number of rotatable bonds is 9. The second-order valence-corrected chi connectivity index (χ2v) is 6.78. The molecule has 3 heteroatoms. The summed E-state index contributed by atoms with van der Waals surface area (Å²) >= 11 is 0. The van der Waals surface area contributed by atoms with Crippen LogP contribution in [0.3, 0.4) is 0 Å². The summed E-state index contributed by atoms with van der Waals surface area (Å²) in [5, 5.41) is 2.36. The molecule has 0 fully saturated rings. The van der Waals surface area contributed by atoms with Crippen LogP contribution in [-0.2, 0) is 0 Å². The number of aromatic nitrogens is 2. The van der Waals surface area contributed by atoms with Crippen molar-refractivity contribution in [2.24, 2.45) is 0 Å². The van der Waals surface area contributed by atoms with E-state index in [1.807, 2.05) is 18.3 Å². The number of pyridine rings is 2. The lowest BCUT2D eigenvalue weighted by atomic mass is 10.1. The van der Waals surface area contributed by atoms with Crippen molar-refractivity contribution in [1.82, 2.24) is 9.97 Å². The third-order valence-corrected chi connectivity index (χ3v) is 4.79. The third-order valence-electron chi connectivity index (χ3n) is 4.79. The van der Waals surface area contributed by atoms with Gasteiger partial charge in [0.1, 0.15) is 5.82 Å². The van der Waals surface area contributed by atoms with E-state index in [2.05, 4.69) is 43.0 Å². The van der Waals surface area contributed by atoms with Crippen molar-refractivity contribution < 1.29 is 0 Å². The summed E-state index contributed by atoms with van der Waals surface area (Å²) in [4.78, 5) is 12.1. The lowest BCUT2D eigenvalue weighted by molar-refractivity contribution is 0.633. The highest BCUT2D eigenvalue weighted by Crippen LogP contribution is 2.27. The molecule has 0 radical (unpaired) electrons. The quantitative estimate of drug-likeness (QED) is 0.356. The van der Waals surface area contributed by atoms with Gasteiger partial charge in [0.05, 0.1) is 11.0 Å². The number of fused-ring (bicyclic) bond motifs is 2. The maximum atomic E-state index is 4.85. The van der Waals surface area contributed by atoms with Crippen LogP contribution in [0.1, 0.15) is 52.4 Å². The van der Waals surface area contributed by atoms with Crippen LogP contribution in [-0.4, -0.2) is 23.1 Å². The number of benzene rings is 1. The summed E-state index contributed by atoms with van der Waals surface area (Å²) in [6, 6.07) is 12.6. The topological polar surface area (TPSA) is 29.0 Å². The summed E-state index contributed by atoms with van der Waals surface area (Å²) in [6.45, 7) is 6.67. The van der Waals surface area contributed by atoms with Crippen LogP contribution in [0.15, 0.2) is 42.6 Å². The maximum absolute atomic E-state index is 4.85. The summed E-state index contributed by atoms with van der Waals surface area (Å²) in [6.07, 6.45) is 9.40.